The summed E-state index contributed by atoms with van der Waals surface area (Å²) < 4.78 is 28.8. The van der Waals surface area contributed by atoms with Crippen LogP contribution in [0.25, 0.3) is 0 Å². The molecule has 2 N–H and O–H groups in total. The van der Waals surface area contributed by atoms with Crippen molar-refractivity contribution >= 4 is 15.8 Å². The van der Waals surface area contributed by atoms with Crippen molar-refractivity contribution < 1.29 is 13.2 Å². The first kappa shape index (κ1) is 22.6. The third-order valence-corrected chi connectivity index (χ3v) is 6.32. The van der Waals surface area contributed by atoms with E-state index in [4.69, 9.17) is 4.74 Å². The van der Waals surface area contributed by atoms with Crippen LogP contribution in [0.1, 0.15) is 31.9 Å². The highest BCUT2D eigenvalue weighted by Crippen LogP contribution is 2.15. The maximum Gasteiger partial charge on any atom is 0.191 e. The van der Waals surface area contributed by atoms with Crippen LogP contribution >= 0.6 is 0 Å². The van der Waals surface area contributed by atoms with Crippen LogP contribution in [0.3, 0.4) is 0 Å². The third kappa shape index (κ3) is 8.58. The first-order chi connectivity index (χ1) is 13.5. The molecule has 1 aliphatic rings. The molecule has 1 aromatic carbocycles. The Labute approximate surface area is 169 Å². The molecule has 28 heavy (non-hydrogen) atoms. The summed E-state index contributed by atoms with van der Waals surface area (Å²) in [6.45, 7) is 9.07. The second-order valence-electron chi connectivity index (χ2n) is 6.96. The van der Waals surface area contributed by atoms with Gasteiger partial charge in [0.2, 0.25) is 0 Å². The van der Waals surface area contributed by atoms with Gasteiger partial charge in [-0.05, 0) is 25.8 Å². The molecule has 0 amide bonds. The van der Waals surface area contributed by atoms with Crippen LogP contribution < -0.4 is 10.6 Å². The number of ether oxygens (including phenoxy) is 1. The average molecular weight is 411 g/mol. The lowest BCUT2D eigenvalue weighted by Gasteiger charge is -2.26. The van der Waals surface area contributed by atoms with Gasteiger partial charge in [0.05, 0.1) is 17.6 Å². The van der Waals surface area contributed by atoms with Crippen molar-refractivity contribution in [3.8, 4) is 0 Å². The summed E-state index contributed by atoms with van der Waals surface area (Å²) in [6.07, 6.45) is 0.947. The van der Waals surface area contributed by atoms with E-state index in [1.807, 2.05) is 25.1 Å². The third-order valence-electron chi connectivity index (χ3n) is 4.71. The normalized spacial score (nSPS) is 18.6. The molecule has 2 rings (SSSR count). The summed E-state index contributed by atoms with van der Waals surface area (Å²) in [5, 5.41) is 6.56. The molecule has 1 unspecified atom stereocenters. The molecule has 0 spiro atoms. The van der Waals surface area contributed by atoms with Gasteiger partial charge in [-0.1, -0.05) is 30.3 Å². The van der Waals surface area contributed by atoms with E-state index in [-0.39, 0.29) is 17.6 Å². The quantitative estimate of drug-likeness (QED) is 0.345. The van der Waals surface area contributed by atoms with E-state index in [9.17, 15) is 8.42 Å². The van der Waals surface area contributed by atoms with E-state index < -0.39 is 9.84 Å². The van der Waals surface area contributed by atoms with Gasteiger partial charge in [-0.3, -0.25) is 9.89 Å². The number of aliphatic imine (C=N–C) groups is 1. The fraction of sp³-hybridized carbons (Fsp3) is 0.650. The summed E-state index contributed by atoms with van der Waals surface area (Å²) >= 11 is 0. The van der Waals surface area contributed by atoms with Crippen molar-refractivity contribution in [1.29, 1.82) is 0 Å². The Hall–Kier alpha value is -1.64. The number of guanidine groups is 1. The van der Waals surface area contributed by atoms with Crippen molar-refractivity contribution in [2.75, 3.05) is 57.4 Å². The zero-order chi connectivity index (χ0) is 20.2. The molecule has 1 atom stereocenters. The Kier molecular flexibility index (Phi) is 9.73. The number of hydrogen-bond acceptors (Lipinski definition) is 5. The summed E-state index contributed by atoms with van der Waals surface area (Å²) in [7, 11) is -2.82. The molecule has 158 valence electrons. The topological polar surface area (TPSA) is 83.0 Å². The predicted molar refractivity (Wildman–Crippen MR) is 115 cm³/mol. The lowest BCUT2D eigenvalue weighted by Crippen LogP contribution is -2.46. The van der Waals surface area contributed by atoms with E-state index in [2.05, 4.69) is 39.6 Å². The molecule has 8 heteroatoms. The van der Waals surface area contributed by atoms with Crippen molar-refractivity contribution in [2.24, 2.45) is 4.99 Å². The number of rotatable bonds is 10. The van der Waals surface area contributed by atoms with Gasteiger partial charge in [-0.25, -0.2) is 8.42 Å². The van der Waals surface area contributed by atoms with Gasteiger partial charge < -0.3 is 15.4 Å². The molecule has 7 nitrogen and oxygen atoms in total. The molecule has 1 aromatic rings. The Balaban J connectivity index is 1.63. The lowest BCUT2D eigenvalue weighted by atomic mass is 10.1. The van der Waals surface area contributed by atoms with Gasteiger partial charge >= 0.3 is 0 Å². The molecule has 1 aliphatic heterocycles. The predicted octanol–water partition coefficient (Wildman–Crippen LogP) is 1.44. The number of benzene rings is 1. The molecule has 0 aliphatic carbocycles. The zero-order valence-corrected chi connectivity index (χ0v) is 17.9. The van der Waals surface area contributed by atoms with Crippen LogP contribution in [-0.4, -0.2) is 76.7 Å². The molecular formula is C20H34N4O3S. The molecule has 0 aromatic heterocycles. The molecular weight excluding hydrogens is 376 g/mol. The van der Waals surface area contributed by atoms with Crippen LogP contribution in [0.15, 0.2) is 35.3 Å². The maximum atomic E-state index is 11.5. The monoisotopic (exact) mass is 410 g/mol. The average Bonchev–Trinajstić information content (AvgIpc) is 2.69. The second kappa shape index (κ2) is 12.0. The molecule has 0 bridgehead atoms. The molecule has 1 saturated heterocycles. The Bertz CT molecular complexity index is 681. The van der Waals surface area contributed by atoms with Gasteiger partial charge in [0.25, 0.3) is 0 Å². The lowest BCUT2D eigenvalue weighted by molar-refractivity contribution is 0.0652. The van der Waals surface area contributed by atoms with E-state index in [1.165, 1.54) is 5.56 Å². The van der Waals surface area contributed by atoms with Gasteiger partial charge in [0.15, 0.2) is 15.8 Å². The largest absolute Gasteiger partial charge is 0.374 e. The fourth-order valence-electron chi connectivity index (χ4n) is 2.98. The van der Waals surface area contributed by atoms with Gasteiger partial charge in [0.1, 0.15) is 0 Å². The highest BCUT2D eigenvalue weighted by Gasteiger charge is 2.20. The second-order valence-corrected chi connectivity index (χ2v) is 9.26. The van der Waals surface area contributed by atoms with Crippen LogP contribution in [0, 0.1) is 0 Å². The van der Waals surface area contributed by atoms with Crippen LogP contribution in [-0.2, 0) is 14.6 Å². The zero-order valence-electron chi connectivity index (χ0n) is 17.1. The van der Waals surface area contributed by atoms with E-state index >= 15 is 0 Å². The first-order valence-electron chi connectivity index (χ1n) is 10.1. The van der Waals surface area contributed by atoms with Crippen molar-refractivity contribution in [1.82, 2.24) is 15.5 Å². The molecule has 0 saturated carbocycles. The van der Waals surface area contributed by atoms with Crippen LogP contribution in [0.2, 0.25) is 0 Å². The minimum absolute atomic E-state index is 0.0879. The molecule has 1 fully saturated rings. The Morgan fingerprint density at radius 3 is 2.61 bits per heavy atom. The smallest absolute Gasteiger partial charge is 0.191 e. The Morgan fingerprint density at radius 2 is 1.93 bits per heavy atom. The number of hydrogen-bond donors (Lipinski definition) is 2. The SMILES string of the molecule is CCNC(=NCCCOC(C)c1ccccc1)NCCN1CCS(=O)(=O)CC1. The summed E-state index contributed by atoms with van der Waals surface area (Å²) in [5.74, 6) is 1.33. The van der Waals surface area contributed by atoms with Gasteiger partial charge in [0, 0.05) is 45.9 Å². The minimum Gasteiger partial charge on any atom is -0.374 e. The summed E-state index contributed by atoms with van der Waals surface area (Å²) in [5.41, 5.74) is 1.19. The Morgan fingerprint density at radius 1 is 1.21 bits per heavy atom. The van der Waals surface area contributed by atoms with E-state index in [1.54, 1.807) is 0 Å². The minimum atomic E-state index is -2.82. The highest BCUT2D eigenvalue weighted by molar-refractivity contribution is 7.91. The number of sulfone groups is 1. The number of nitrogens with one attached hydrogen (secondary N) is 2. The fourth-order valence-corrected chi connectivity index (χ4v) is 4.26. The van der Waals surface area contributed by atoms with Gasteiger partial charge in [-0.15, -0.1) is 0 Å². The maximum absolute atomic E-state index is 11.5. The van der Waals surface area contributed by atoms with Crippen molar-refractivity contribution in [2.45, 2.75) is 26.4 Å². The van der Waals surface area contributed by atoms with Crippen LogP contribution in [0.4, 0.5) is 0 Å². The summed E-state index contributed by atoms with van der Waals surface area (Å²) in [4.78, 5) is 6.77. The number of nitrogens with zero attached hydrogens (tertiary/aromatic N) is 2. The van der Waals surface area contributed by atoms with E-state index in [0.717, 1.165) is 32.0 Å². The van der Waals surface area contributed by atoms with Crippen molar-refractivity contribution in [3.63, 3.8) is 0 Å². The van der Waals surface area contributed by atoms with Crippen molar-refractivity contribution in [3.05, 3.63) is 35.9 Å². The van der Waals surface area contributed by atoms with Gasteiger partial charge in [-0.2, -0.15) is 0 Å². The highest BCUT2D eigenvalue weighted by atomic mass is 32.2. The standard InChI is InChI=1S/C20H34N4O3S/c1-3-21-20(23-11-12-24-13-16-28(25,26)17-14-24)22-10-7-15-27-18(2)19-8-5-4-6-9-19/h4-6,8-9,18H,3,7,10-17H2,1-2H3,(H2,21,22,23). The first-order valence-corrected chi connectivity index (χ1v) is 11.9. The summed E-state index contributed by atoms with van der Waals surface area (Å²) in [6, 6.07) is 10.2. The van der Waals surface area contributed by atoms with Crippen LogP contribution in [0.5, 0.6) is 0 Å². The van der Waals surface area contributed by atoms with E-state index in [0.29, 0.717) is 26.2 Å². The molecule has 0 radical (unpaired) electrons. The molecule has 1 heterocycles.